The van der Waals surface area contributed by atoms with E-state index in [1.54, 1.807) is 4.90 Å². The van der Waals surface area contributed by atoms with Crippen molar-refractivity contribution in [1.29, 1.82) is 0 Å². The zero-order valence-electron chi connectivity index (χ0n) is 11.5. The Balaban J connectivity index is 1.95. The molecule has 0 radical (unpaired) electrons. The number of nitrogens with zero attached hydrogens (tertiary/aromatic N) is 3. The van der Waals surface area contributed by atoms with Crippen LogP contribution in [-0.4, -0.2) is 51.1 Å². The second kappa shape index (κ2) is 6.46. The number of hydrogen-bond acceptors (Lipinski definition) is 3. The molecule has 1 unspecified atom stereocenters. The number of alkyl halides is 3. The van der Waals surface area contributed by atoms with Crippen molar-refractivity contribution in [3.05, 3.63) is 18.0 Å². The van der Waals surface area contributed by atoms with Crippen molar-refractivity contribution in [2.45, 2.75) is 44.5 Å². The fourth-order valence-corrected chi connectivity index (χ4v) is 2.30. The Morgan fingerprint density at radius 1 is 1.38 bits per heavy atom. The zero-order chi connectivity index (χ0) is 15.5. The van der Waals surface area contributed by atoms with Gasteiger partial charge in [0.05, 0.1) is 24.3 Å². The second-order valence-electron chi connectivity index (χ2n) is 5.23. The third kappa shape index (κ3) is 4.73. The van der Waals surface area contributed by atoms with Crippen LogP contribution >= 0.6 is 0 Å². The maximum atomic E-state index is 12.2. The van der Waals surface area contributed by atoms with Gasteiger partial charge in [0.2, 0.25) is 0 Å². The number of carbonyl (C=O) groups excluding carboxylic acids is 1. The molecule has 1 aromatic heterocycles. The fraction of sp³-hybridized carbons (Fsp3) is 0.692. The van der Waals surface area contributed by atoms with Crippen LogP contribution in [0.25, 0.3) is 0 Å². The lowest BCUT2D eigenvalue weighted by molar-refractivity contribution is -0.137. The number of hydrogen-bond donors (Lipinski definition) is 1. The number of likely N-dealkylation sites (tertiary alicyclic amines) is 1. The summed E-state index contributed by atoms with van der Waals surface area (Å²) in [7, 11) is 0. The molecule has 0 saturated carbocycles. The summed E-state index contributed by atoms with van der Waals surface area (Å²) in [5.41, 5.74) is 0.286. The highest BCUT2D eigenvalue weighted by atomic mass is 19.4. The minimum absolute atomic E-state index is 0.248. The van der Waals surface area contributed by atoms with Crippen LogP contribution in [0.4, 0.5) is 13.2 Å². The van der Waals surface area contributed by atoms with Crippen LogP contribution in [-0.2, 0) is 6.54 Å². The molecule has 1 saturated heterocycles. The lowest BCUT2D eigenvalue weighted by Gasteiger charge is -2.19. The van der Waals surface area contributed by atoms with E-state index in [2.05, 4.69) is 5.10 Å². The molecule has 8 heteroatoms. The minimum atomic E-state index is -4.24. The number of halogens is 3. The number of aliphatic hydroxyl groups is 1. The van der Waals surface area contributed by atoms with Gasteiger partial charge in [0.1, 0.15) is 0 Å². The molecule has 0 aromatic carbocycles. The minimum Gasteiger partial charge on any atom is -0.393 e. The highest BCUT2D eigenvalue weighted by molar-refractivity contribution is 5.93. The molecule has 1 fully saturated rings. The van der Waals surface area contributed by atoms with Gasteiger partial charge in [-0.2, -0.15) is 18.3 Å². The Bertz CT molecular complexity index is 487. The Labute approximate surface area is 120 Å². The van der Waals surface area contributed by atoms with E-state index < -0.39 is 18.7 Å². The predicted octanol–water partition coefficient (Wildman–Crippen LogP) is 1.82. The monoisotopic (exact) mass is 305 g/mol. The molecule has 0 bridgehead atoms. The first kappa shape index (κ1) is 15.8. The van der Waals surface area contributed by atoms with Crippen molar-refractivity contribution < 1.29 is 23.1 Å². The molecule has 2 heterocycles. The number of aliphatic hydroxyl groups excluding tert-OH is 1. The van der Waals surface area contributed by atoms with Crippen LogP contribution < -0.4 is 0 Å². The van der Waals surface area contributed by atoms with Crippen molar-refractivity contribution >= 4 is 5.91 Å². The maximum absolute atomic E-state index is 12.2. The van der Waals surface area contributed by atoms with Gasteiger partial charge in [-0.3, -0.25) is 9.48 Å². The van der Waals surface area contributed by atoms with Crippen LogP contribution in [0.2, 0.25) is 0 Å². The second-order valence-corrected chi connectivity index (χ2v) is 5.23. The normalized spacial score (nSPS) is 20.4. The summed E-state index contributed by atoms with van der Waals surface area (Å²) >= 11 is 0. The van der Waals surface area contributed by atoms with Gasteiger partial charge in [0, 0.05) is 25.8 Å². The lowest BCUT2D eigenvalue weighted by Crippen LogP contribution is -2.32. The smallest absolute Gasteiger partial charge is 0.390 e. The zero-order valence-corrected chi connectivity index (χ0v) is 11.5. The molecule has 21 heavy (non-hydrogen) atoms. The van der Waals surface area contributed by atoms with E-state index in [0.29, 0.717) is 25.9 Å². The van der Waals surface area contributed by atoms with E-state index >= 15 is 0 Å². The van der Waals surface area contributed by atoms with Crippen molar-refractivity contribution in [1.82, 2.24) is 14.7 Å². The van der Waals surface area contributed by atoms with Crippen LogP contribution in [0.15, 0.2) is 12.4 Å². The summed E-state index contributed by atoms with van der Waals surface area (Å²) < 4.78 is 37.6. The SMILES string of the molecule is O=C(c1cnn(CCC(F)(F)F)c1)N1CCCC(O)CC1. The number of rotatable bonds is 3. The largest absolute Gasteiger partial charge is 0.393 e. The summed E-state index contributed by atoms with van der Waals surface area (Å²) in [6.07, 6.45) is -1.07. The lowest BCUT2D eigenvalue weighted by atomic mass is 10.2. The van der Waals surface area contributed by atoms with Gasteiger partial charge in [-0.15, -0.1) is 0 Å². The molecule has 2 rings (SSSR count). The molecule has 0 spiro atoms. The quantitative estimate of drug-likeness (QED) is 0.927. The van der Waals surface area contributed by atoms with Crippen molar-refractivity contribution in [3.63, 3.8) is 0 Å². The van der Waals surface area contributed by atoms with Crippen LogP contribution in [0.3, 0.4) is 0 Å². The van der Waals surface area contributed by atoms with Gasteiger partial charge < -0.3 is 10.0 Å². The third-order valence-electron chi connectivity index (χ3n) is 3.49. The molecule has 1 amide bonds. The molecule has 0 aliphatic carbocycles. The van der Waals surface area contributed by atoms with Crippen molar-refractivity contribution in [2.75, 3.05) is 13.1 Å². The summed E-state index contributed by atoms with van der Waals surface area (Å²) in [5, 5.41) is 13.3. The Morgan fingerprint density at radius 3 is 2.86 bits per heavy atom. The Hall–Kier alpha value is -1.57. The fourth-order valence-electron chi connectivity index (χ4n) is 2.30. The van der Waals surface area contributed by atoms with E-state index in [9.17, 15) is 23.1 Å². The van der Waals surface area contributed by atoms with Gasteiger partial charge in [-0.1, -0.05) is 0 Å². The number of carbonyl (C=O) groups is 1. The van der Waals surface area contributed by atoms with E-state index in [1.807, 2.05) is 0 Å². The summed E-state index contributed by atoms with van der Waals surface area (Å²) in [4.78, 5) is 13.9. The van der Waals surface area contributed by atoms with E-state index in [0.717, 1.165) is 11.1 Å². The topological polar surface area (TPSA) is 58.4 Å². The molecule has 1 aromatic rings. The van der Waals surface area contributed by atoms with Crippen molar-refractivity contribution in [2.24, 2.45) is 0 Å². The average molecular weight is 305 g/mol. The third-order valence-corrected chi connectivity index (χ3v) is 3.49. The Morgan fingerprint density at radius 2 is 2.14 bits per heavy atom. The predicted molar refractivity (Wildman–Crippen MR) is 68.7 cm³/mol. The van der Waals surface area contributed by atoms with E-state index in [4.69, 9.17) is 0 Å². The van der Waals surface area contributed by atoms with Gasteiger partial charge >= 0.3 is 6.18 Å². The van der Waals surface area contributed by atoms with Crippen molar-refractivity contribution in [3.8, 4) is 0 Å². The molecule has 1 aliphatic heterocycles. The van der Waals surface area contributed by atoms with Crippen LogP contribution in [0, 0.1) is 0 Å². The Kier molecular flexibility index (Phi) is 4.87. The molecular weight excluding hydrogens is 287 g/mol. The van der Waals surface area contributed by atoms with Gasteiger partial charge in [0.25, 0.3) is 5.91 Å². The summed E-state index contributed by atoms with van der Waals surface area (Å²) in [6.45, 7) is 0.701. The highest BCUT2D eigenvalue weighted by Gasteiger charge is 2.27. The molecule has 5 nitrogen and oxygen atoms in total. The average Bonchev–Trinajstić information content (AvgIpc) is 2.77. The molecular formula is C13H18F3N3O2. The molecule has 1 atom stereocenters. The first-order chi connectivity index (χ1) is 9.85. The van der Waals surface area contributed by atoms with Gasteiger partial charge in [0.15, 0.2) is 0 Å². The summed E-state index contributed by atoms with van der Waals surface area (Å²) in [5.74, 6) is -0.248. The molecule has 1 N–H and O–H groups in total. The maximum Gasteiger partial charge on any atom is 0.390 e. The first-order valence-electron chi connectivity index (χ1n) is 6.92. The first-order valence-corrected chi connectivity index (χ1v) is 6.92. The number of aryl methyl sites for hydroxylation is 1. The number of amides is 1. The van der Waals surface area contributed by atoms with Crippen LogP contribution in [0.1, 0.15) is 36.0 Å². The van der Waals surface area contributed by atoms with E-state index in [-0.39, 0.29) is 18.0 Å². The van der Waals surface area contributed by atoms with Crippen LogP contribution in [0.5, 0.6) is 0 Å². The standard InChI is InChI=1S/C13H18F3N3O2/c14-13(15,16)4-7-19-9-10(8-17-19)12(21)18-5-1-2-11(20)3-6-18/h8-9,11,20H,1-7H2. The van der Waals surface area contributed by atoms with E-state index in [1.165, 1.54) is 12.4 Å². The van der Waals surface area contributed by atoms with Gasteiger partial charge in [-0.25, -0.2) is 0 Å². The molecule has 1 aliphatic rings. The molecule has 118 valence electrons. The van der Waals surface area contributed by atoms with Gasteiger partial charge in [-0.05, 0) is 19.3 Å². The highest BCUT2D eigenvalue weighted by Crippen LogP contribution is 2.20. The summed E-state index contributed by atoms with van der Waals surface area (Å²) in [6, 6.07) is 0. The number of aromatic nitrogens is 2.